The first-order valence-electron chi connectivity index (χ1n) is 9.42. The van der Waals surface area contributed by atoms with Crippen LogP contribution in [0.25, 0.3) is 22.7 Å². The van der Waals surface area contributed by atoms with E-state index in [-0.39, 0.29) is 12.5 Å². The van der Waals surface area contributed by atoms with E-state index in [1.54, 1.807) is 11.0 Å². The van der Waals surface area contributed by atoms with E-state index in [1.807, 2.05) is 42.5 Å². The number of benzene rings is 2. The molecule has 0 atom stereocenters. The zero-order chi connectivity index (χ0) is 20.1. The minimum Gasteiger partial charge on any atom is -0.452 e. The zero-order valence-corrected chi connectivity index (χ0v) is 15.8. The van der Waals surface area contributed by atoms with Gasteiger partial charge in [0.25, 0.3) is 5.91 Å². The third-order valence-corrected chi connectivity index (χ3v) is 4.72. The summed E-state index contributed by atoms with van der Waals surface area (Å²) in [6.07, 6.45) is 5.47. The van der Waals surface area contributed by atoms with E-state index in [4.69, 9.17) is 9.15 Å². The molecule has 0 N–H and O–H groups in total. The maximum absolute atomic E-state index is 12.3. The molecule has 2 heterocycles. The first kappa shape index (κ1) is 18.7. The topological polar surface area (TPSA) is 72.6 Å². The highest BCUT2D eigenvalue weighted by Crippen LogP contribution is 2.22. The Morgan fingerprint density at radius 2 is 1.90 bits per heavy atom. The van der Waals surface area contributed by atoms with Gasteiger partial charge in [-0.3, -0.25) is 4.79 Å². The molecule has 146 valence electrons. The van der Waals surface area contributed by atoms with E-state index in [1.165, 1.54) is 23.3 Å². The summed E-state index contributed by atoms with van der Waals surface area (Å²) in [5.74, 6) is -0.515. The molecular formula is C23H20N2O4. The second-order valence-corrected chi connectivity index (χ2v) is 6.65. The molecule has 4 rings (SSSR count). The monoisotopic (exact) mass is 388 g/mol. The number of esters is 1. The van der Waals surface area contributed by atoms with Crippen molar-refractivity contribution in [3.8, 4) is 0 Å². The van der Waals surface area contributed by atoms with Gasteiger partial charge in [-0.1, -0.05) is 48.5 Å². The molecule has 0 bridgehead atoms. The minimum absolute atomic E-state index is 0.211. The van der Waals surface area contributed by atoms with Crippen molar-refractivity contribution >= 4 is 34.6 Å². The summed E-state index contributed by atoms with van der Waals surface area (Å²) < 4.78 is 10.6. The van der Waals surface area contributed by atoms with Gasteiger partial charge >= 0.3 is 5.97 Å². The normalized spacial score (nSPS) is 14.2. The molecule has 3 aromatic rings. The van der Waals surface area contributed by atoms with Crippen LogP contribution in [0.5, 0.6) is 0 Å². The SMILES string of the molecule is O=C(/C=C/c1nc2ccccc2o1)OCC(=O)N1CC=C(c2ccccc2)CC1. The summed E-state index contributed by atoms with van der Waals surface area (Å²) in [4.78, 5) is 30.1. The molecule has 1 aliphatic heterocycles. The predicted octanol–water partition coefficient (Wildman–Crippen LogP) is 3.70. The van der Waals surface area contributed by atoms with Crippen LogP contribution in [0.15, 0.2) is 71.2 Å². The molecule has 1 amide bonds. The molecular weight excluding hydrogens is 368 g/mol. The number of aromatic nitrogens is 1. The number of rotatable bonds is 5. The first-order chi connectivity index (χ1) is 14.2. The van der Waals surface area contributed by atoms with Gasteiger partial charge in [-0.25, -0.2) is 9.78 Å². The number of para-hydroxylation sites is 2. The number of carbonyl (C=O) groups is 2. The van der Waals surface area contributed by atoms with Crippen molar-refractivity contribution in [1.29, 1.82) is 0 Å². The summed E-state index contributed by atoms with van der Waals surface area (Å²) in [5.41, 5.74) is 3.76. The summed E-state index contributed by atoms with van der Waals surface area (Å²) in [7, 11) is 0. The van der Waals surface area contributed by atoms with E-state index in [0.717, 1.165) is 6.42 Å². The molecule has 0 saturated carbocycles. The third-order valence-electron chi connectivity index (χ3n) is 4.72. The molecule has 1 aliphatic rings. The maximum atomic E-state index is 12.3. The molecule has 1 aromatic heterocycles. The van der Waals surface area contributed by atoms with E-state index < -0.39 is 5.97 Å². The quantitative estimate of drug-likeness (QED) is 0.492. The van der Waals surface area contributed by atoms with Crippen LogP contribution in [-0.4, -0.2) is 41.5 Å². The van der Waals surface area contributed by atoms with Gasteiger partial charge in [0.2, 0.25) is 5.89 Å². The highest BCUT2D eigenvalue weighted by molar-refractivity contribution is 5.89. The minimum atomic E-state index is -0.613. The molecule has 0 fully saturated rings. The fraction of sp³-hybridized carbons (Fsp3) is 0.174. The number of amides is 1. The second-order valence-electron chi connectivity index (χ2n) is 6.65. The summed E-state index contributed by atoms with van der Waals surface area (Å²) >= 11 is 0. The Morgan fingerprint density at radius 1 is 1.10 bits per heavy atom. The Morgan fingerprint density at radius 3 is 2.66 bits per heavy atom. The van der Waals surface area contributed by atoms with Crippen molar-refractivity contribution < 1.29 is 18.7 Å². The predicted molar refractivity (Wildman–Crippen MR) is 110 cm³/mol. The van der Waals surface area contributed by atoms with E-state index in [0.29, 0.717) is 30.1 Å². The molecule has 0 radical (unpaired) electrons. The van der Waals surface area contributed by atoms with Crippen molar-refractivity contribution in [2.75, 3.05) is 19.7 Å². The maximum Gasteiger partial charge on any atom is 0.331 e. The van der Waals surface area contributed by atoms with Crippen LogP contribution >= 0.6 is 0 Å². The number of oxazole rings is 1. The van der Waals surface area contributed by atoms with Crippen molar-refractivity contribution in [2.24, 2.45) is 0 Å². The summed E-state index contributed by atoms with van der Waals surface area (Å²) in [6, 6.07) is 17.4. The Labute approximate surface area is 168 Å². The van der Waals surface area contributed by atoms with Crippen LogP contribution in [0.2, 0.25) is 0 Å². The number of carbonyl (C=O) groups excluding carboxylic acids is 2. The average Bonchev–Trinajstić information content (AvgIpc) is 3.20. The van der Waals surface area contributed by atoms with E-state index in [2.05, 4.69) is 17.1 Å². The Hall–Kier alpha value is -3.67. The number of ether oxygens (including phenoxy) is 1. The molecule has 2 aromatic carbocycles. The smallest absolute Gasteiger partial charge is 0.331 e. The van der Waals surface area contributed by atoms with Crippen LogP contribution in [0.1, 0.15) is 17.9 Å². The van der Waals surface area contributed by atoms with Gasteiger partial charge in [0, 0.05) is 25.2 Å². The fourth-order valence-corrected chi connectivity index (χ4v) is 3.18. The molecule has 29 heavy (non-hydrogen) atoms. The van der Waals surface area contributed by atoms with Gasteiger partial charge in [-0.15, -0.1) is 0 Å². The lowest BCUT2D eigenvalue weighted by Crippen LogP contribution is -2.37. The van der Waals surface area contributed by atoms with Gasteiger partial charge in [-0.05, 0) is 29.7 Å². The van der Waals surface area contributed by atoms with Gasteiger partial charge < -0.3 is 14.1 Å². The Balaban J connectivity index is 1.27. The average molecular weight is 388 g/mol. The summed E-state index contributed by atoms with van der Waals surface area (Å²) in [5, 5.41) is 0. The lowest BCUT2D eigenvalue weighted by molar-refractivity contribution is -0.147. The zero-order valence-electron chi connectivity index (χ0n) is 15.8. The van der Waals surface area contributed by atoms with Gasteiger partial charge in [0.1, 0.15) is 5.52 Å². The lowest BCUT2D eigenvalue weighted by atomic mass is 10.00. The number of hydrogen-bond donors (Lipinski definition) is 0. The molecule has 0 spiro atoms. The molecule has 0 aliphatic carbocycles. The van der Waals surface area contributed by atoms with Crippen molar-refractivity contribution in [3.05, 3.63) is 78.2 Å². The second kappa shape index (κ2) is 8.56. The third kappa shape index (κ3) is 4.60. The van der Waals surface area contributed by atoms with Crippen LogP contribution in [0.3, 0.4) is 0 Å². The van der Waals surface area contributed by atoms with Crippen molar-refractivity contribution in [1.82, 2.24) is 9.88 Å². The number of fused-ring (bicyclic) bond motifs is 1. The van der Waals surface area contributed by atoms with Crippen LogP contribution in [0.4, 0.5) is 0 Å². The summed E-state index contributed by atoms with van der Waals surface area (Å²) in [6.45, 7) is 0.834. The van der Waals surface area contributed by atoms with Crippen molar-refractivity contribution in [3.63, 3.8) is 0 Å². The standard InChI is InChI=1S/C23H20N2O4/c26-22(25-14-12-18(13-15-25)17-6-2-1-3-7-17)16-28-23(27)11-10-21-24-19-8-4-5-9-20(19)29-21/h1-12H,13-16H2/b11-10+. The number of hydrogen-bond acceptors (Lipinski definition) is 5. The van der Waals surface area contributed by atoms with Crippen LogP contribution in [-0.2, 0) is 14.3 Å². The van der Waals surface area contributed by atoms with Gasteiger partial charge in [0.05, 0.1) is 0 Å². The van der Waals surface area contributed by atoms with Gasteiger partial charge in [0.15, 0.2) is 12.2 Å². The molecule has 0 unspecified atom stereocenters. The fourth-order valence-electron chi connectivity index (χ4n) is 3.18. The van der Waals surface area contributed by atoms with Crippen molar-refractivity contribution in [2.45, 2.75) is 6.42 Å². The molecule has 0 saturated heterocycles. The van der Waals surface area contributed by atoms with Crippen LogP contribution in [0, 0.1) is 0 Å². The lowest BCUT2D eigenvalue weighted by Gasteiger charge is -2.26. The van der Waals surface area contributed by atoms with E-state index >= 15 is 0 Å². The first-order valence-corrected chi connectivity index (χ1v) is 9.42. The molecule has 6 heteroatoms. The highest BCUT2D eigenvalue weighted by Gasteiger charge is 2.18. The Bertz CT molecular complexity index is 1050. The highest BCUT2D eigenvalue weighted by atomic mass is 16.5. The largest absolute Gasteiger partial charge is 0.452 e. The molecule has 6 nitrogen and oxygen atoms in total. The van der Waals surface area contributed by atoms with Crippen LogP contribution < -0.4 is 0 Å². The van der Waals surface area contributed by atoms with Gasteiger partial charge in [-0.2, -0.15) is 0 Å². The Kier molecular flexibility index (Phi) is 5.52. The number of nitrogens with zero attached hydrogens (tertiary/aromatic N) is 2. The van der Waals surface area contributed by atoms with E-state index in [9.17, 15) is 9.59 Å².